The van der Waals surface area contributed by atoms with Gasteiger partial charge in [-0.05, 0) is 26.7 Å². The van der Waals surface area contributed by atoms with Gasteiger partial charge in [0.25, 0.3) is 0 Å². The van der Waals surface area contributed by atoms with Crippen LogP contribution in [-0.4, -0.2) is 28.3 Å². The minimum Gasteiger partial charge on any atom is -0.394 e. The van der Waals surface area contributed by atoms with Crippen molar-refractivity contribution in [2.45, 2.75) is 38.6 Å². The van der Waals surface area contributed by atoms with E-state index in [0.717, 1.165) is 24.1 Å². The van der Waals surface area contributed by atoms with Crippen molar-refractivity contribution >= 4 is 5.91 Å². The Morgan fingerprint density at radius 2 is 2.25 bits per heavy atom. The zero-order chi connectivity index (χ0) is 11.8. The predicted octanol–water partition coefficient (Wildman–Crippen LogP) is 0.475. The lowest BCUT2D eigenvalue weighted by Crippen LogP contribution is -2.40. The molecule has 0 bridgehead atoms. The average Bonchev–Trinajstić information content (AvgIpc) is 2.96. The van der Waals surface area contributed by atoms with Gasteiger partial charge in [-0.25, -0.2) is 0 Å². The monoisotopic (exact) mass is 224 g/mol. The van der Waals surface area contributed by atoms with Gasteiger partial charge in [-0.3, -0.25) is 4.79 Å². The molecular formula is C11H16N2O3. The molecule has 5 nitrogen and oxygen atoms in total. The molecule has 0 saturated heterocycles. The molecule has 1 aromatic rings. The lowest BCUT2D eigenvalue weighted by Gasteiger charge is -2.13. The minimum absolute atomic E-state index is 0.0142. The number of hydrogen-bond acceptors (Lipinski definition) is 4. The fraction of sp³-hybridized carbons (Fsp3) is 0.636. The molecule has 0 radical (unpaired) electrons. The summed E-state index contributed by atoms with van der Waals surface area (Å²) in [6.45, 7) is 3.62. The highest BCUT2D eigenvalue weighted by Gasteiger charge is 2.43. The van der Waals surface area contributed by atoms with Crippen LogP contribution in [0.25, 0.3) is 0 Å². The number of nitrogens with zero attached hydrogens (tertiary/aromatic N) is 1. The van der Waals surface area contributed by atoms with E-state index in [1.54, 1.807) is 6.92 Å². The highest BCUT2D eigenvalue weighted by Crippen LogP contribution is 2.34. The van der Waals surface area contributed by atoms with Crippen LogP contribution in [0.1, 0.15) is 29.9 Å². The van der Waals surface area contributed by atoms with E-state index in [9.17, 15) is 4.79 Å². The molecule has 1 aliphatic rings. The van der Waals surface area contributed by atoms with Crippen LogP contribution in [0.5, 0.6) is 0 Å². The molecule has 0 unspecified atom stereocenters. The largest absolute Gasteiger partial charge is 0.394 e. The number of carbonyl (C=O) groups excluding carboxylic acids is 1. The molecule has 2 rings (SSSR count). The number of amides is 1. The normalized spacial score (nSPS) is 17.2. The van der Waals surface area contributed by atoms with Crippen molar-refractivity contribution in [2.24, 2.45) is 0 Å². The Bertz CT molecular complexity index is 388. The third-order valence-corrected chi connectivity index (χ3v) is 3.08. The standard InChI is InChI=1S/C11H16N2O3/c1-7-9(8(2)16-13-7)5-10(15)12-11(6-14)3-4-11/h14H,3-6H2,1-2H3,(H,12,15). The molecule has 0 aliphatic heterocycles. The van der Waals surface area contributed by atoms with E-state index < -0.39 is 0 Å². The average molecular weight is 224 g/mol. The summed E-state index contributed by atoms with van der Waals surface area (Å²) >= 11 is 0. The van der Waals surface area contributed by atoms with E-state index in [1.165, 1.54) is 0 Å². The topological polar surface area (TPSA) is 75.4 Å². The fourth-order valence-electron chi connectivity index (χ4n) is 1.73. The van der Waals surface area contributed by atoms with Gasteiger partial charge in [0.15, 0.2) is 0 Å². The molecule has 1 saturated carbocycles. The summed E-state index contributed by atoms with van der Waals surface area (Å²) < 4.78 is 4.99. The van der Waals surface area contributed by atoms with Crippen LogP contribution in [0.4, 0.5) is 0 Å². The van der Waals surface area contributed by atoms with Crippen LogP contribution in [0, 0.1) is 13.8 Å². The molecule has 1 aliphatic carbocycles. The molecule has 1 aromatic heterocycles. The Kier molecular flexibility index (Phi) is 2.71. The lowest BCUT2D eigenvalue weighted by atomic mass is 10.1. The second-order valence-corrected chi connectivity index (χ2v) is 4.47. The van der Waals surface area contributed by atoms with Gasteiger partial charge in [0.2, 0.25) is 5.91 Å². The highest BCUT2D eigenvalue weighted by molar-refractivity contribution is 5.80. The van der Waals surface area contributed by atoms with E-state index >= 15 is 0 Å². The van der Waals surface area contributed by atoms with Gasteiger partial charge >= 0.3 is 0 Å². The maximum atomic E-state index is 11.7. The Balaban J connectivity index is 1.98. The SMILES string of the molecule is Cc1noc(C)c1CC(=O)NC1(CO)CC1. The van der Waals surface area contributed by atoms with Gasteiger partial charge in [-0.1, -0.05) is 5.16 Å². The van der Waals surface area contributed by atoms with E-state index in [4.69, 9.17) is 9.63 Å². The zero-order valence-corrected chi connectivity index (χ0v) is 9.54. The van der Waals surface area contributed by atoms with Crippen molar-refractivity contribution in [2.75, 3.05) is 6.61 Å². The summed E-state index contributed by atoms with van der Waals surface area (Å²) in [7, 11) is 0. The Labute approximate surface area is 93.8 Å². The molecule has 1 heterocycles. The van der Waals surface area contributed by atoms with E-state index in [-0.39, 0.29) is 24.5 Å². The van der Waals surface area contributed by atoms with Crippen LogP contribution < -0.4 is 5.32 Å². The van der Waals surface area contributed by atoms with Crippen LogP contribution in [0.15, 0.2) is 4.52 Å². The molecule has 88 valence electrons. The van der Waals surface area contributed by atoms with Crippen LogP contribution in [0.2, 0.25) is 0 Å². The number of aliphatic hydroxyl groups excluding tert-OH is 1. The van der Waals surface area contributed by atoms with Crippen LogP contribution >= 0.6 is 0 Å². The van der Waals surface area contributed by atoms with Crippen molar-refractivity contribution in [3.8, 4) is 0 Å². The number of hydrogen-bond donors (Lipinski definition) is 2. The molecule has 1 amide bonds. The predicted molar refractivity (Wildman–Crippen MR) is 56.9 cm³/mol. The number of rotatable bonds is 4. The van der Waals surface area contributed by atoms with Crippen LogP contribution in [0.3, 0.4) is 0 Å². The molecular weight excluding hydrogens is 208 g/mol. The lowest BCUT2D eigenvalue weighted by molar-refractivity contribution is -0.121. The second-order valence-electron chi connectivity index (χ2n) is 4.47. The first-order chi connectivity index (χ1) is 7.56. The van der Waals surface area contributed by atoms with Gasteiger partial charge in [-0.15, -0.1) is 0 Å². The summed E-state index contributed by atoms with van der Waals surface area (Å²) in [5.74, 6) is 0.599. The van der Waals surface area contributed by atoms with Crippen molar-refractivity contribution in [1.82, 2.24) is 10.5 Å². The quantitative estimate of drug-likeness (QED) is 0.779. The summed E-state index contributed by atoms with van der Waals surface area (Å²) in [5, 5.41) is 15.7. The smallest absolute Gasteiger partial charge is 0.225 e. The Morgan fingerprint density at radius 3 is 2.69 bits per heavy atom. The third kappa shape index (κ3) is 2.09. The van der Waals surface area contributed by atoms with E-state index in [0.29, 0.717) is 5.76 Å². The van der Waals surface area contributed by atoms with Crippen molar-refractivity contribution in [1.29, 1.82) is 0 Å². The number of aliphatic hydroxyl groups is 1. The number of carbonyl (C=O) groups is 1. The third-order valence-electron chi connectivity index (χ3n) is 3.08. The van der Waals surface area contributed by atoms with Gasteiger partial charge in [0.05, 0.1) is 24.3 Å². The van der Waals surface area contributed by atoms with E-state index in [1.807, 2.05) is 6.92 Å². The van der Waals surface area contributed by atoms with Crippen LogP contribution in [-0.2, 0) is 11.2 Å². The molecule has 0 spiro atoms. The molecule has 1 fully saturated rings. The van der Waals surface area contributed by atoms with E-state index in [2.05, 4.69) is 10.5 Å². The molecule has 5 heteroatoms. The van der Waals surface area contributed by atoms with Gasteiger partial charge < -0.3 is 14.9 Å². The molecule has 16 heavy (non-hydrogen) atoms. The zero-order valence-electron chi connectivity index (χ0n) is 9.54. The summed E-state index contributed by atoms with van der Waals surface area (Å²) in [4.78, 5) is 11.7. The maximum Gasteiger partial charge on any atom is 0.225 e. The Hall–Kier alpha value is -1.36. The number of nitrogens with one attached hydrogen (secondary N) is 1. The summed E-state index contributed by atoms with van der Waals surface area (Å²) in [6.07, 6.45) is 1.98. The number of aryl methyl sites for hydroxylation is 2. The van der Waals surface area contributed by atoms with Crippen molar-refractivity contribution in [3.63, 3.8) is 0 Å². The summed E-state index contributed by atoms with van der Waals surface area (Å²) in [6, 6.07) is 0. The van der Waals surface area contributed by atoms with Gasteiger partial charge in [0.1, 0.15) is 5.76 Å². The van der Waals surface area contributed by atoms with Gasteiger partial charge in [-0.2, -0.15) is 0 Å². The first-order valence-electron chi connectivity index (χ1n) is 5.40. The fourth-order valence-corrected chi connectivity index (χ4v) is 1.73. The van der Waals surface area contributed by atoms with Gasteiger partial charge in [0, 0.05) is 5.56 Å². The first kappa shape index (κ1) is 11.1. The molecule has 2 N–H and O–H groups in total. The minimum atomic E-state index is -0.351. The maximum absolute atomic E-state index is 11.7. The number of aromatic nitrogens is 1. The molecule has 0 atom stereocenters. The highest BCUT2D eigenvalue weighted by atomic mass is 16.5. The van der Waals surface area contributed by atoms with Crippen molar-refractivity contribution in [3.05, 3.63) is 17.0 Å². The Morgan fingerprint density at radius 1 is 1.56 bits per heavy atom. The second kappa shape index (κ2) is 3.90. The molecule has 0 aromatic carbocycles. The first-order valence-corrected chi connectivity index (χ1v) is 5.40. The van der Waals surface area contributed by atoms with Crippen molar-refractivity contribution < 1.29 is 14.4 Å². The summed E-state index contributed by atoms with van der Waals surface area (Å²) in [5.41, 5.74) is 1.24.